The summed E-state index contributed by atoms with van der Waals surface area (Å²) in [6.07, 6.45) is -0.462. The maximum atomic E-state index is 12.9. The molecule has 2 atom stereocenters. The summed E-state index contributed by atoms with van der Waals surface area (Å²) in [6.45, 7) is 11.7. The lowest BCUT2D eigenvalue weighted by molar-refractivity contribution is -0.138. The Morgan fingerprint density at radius 3 is 2.50 bits per heavy atom. The van der Waals surface area contributed by atoms with Gasteiger partial charge in [-0.3, -0.25) is 9.48 Å². The van der Waals surface area contributed by atoms with Crippen molar-refractivity contribution in [2.75, 3.05) is 19.6 Å². The maximum absolute atomic E-state index is 12.9. The molecule has 1 aliphatic heterocycles. The normalized spacial score (nSPS) is 19.0. The molecule has 0 bridgehead atoms. The van der Waals surface area contributed by atoms with Crippen LogP contribution in [0.5, 0.6) is 0 Å². The van der Waals surface area contributed by atoms with Crippen molar-refractivity contribution in [3.63, 3.8) is 0 Å². The summed E-state index contributed by atoms with van der Waals surface area (Å²) in [7, 11) is 0. The van der Waals surface area contributed by atoms with Gasteiger partial charge in [-0.1, -0.05) is 0 Å². The second kappa shape index (κ2) is 7.36. The predicted octanol–water partition coefficient (Wildman–Crippen LogP) is 2.03. The van der Waals surface area contributed by atoms with Crippen LogP contribution >= 0.6 is 0 Å². The molecule has 0 saturated carbocycles. The van der Waals surface area contributed by atoms with E-state index < -0.39 is 23.8 Å². The van der Waals surface area contributed by atoms with Crippen LogP contribution in [0, 0.1) is 25.2 Å². The second-order valence-electron chi connectivity index (χ2n) is 7.65. The SMILES string of the molecule is Cc1cc(C)n([C@@H](C)C(=O)N2CCN(C(=O)OC(C)(C)C)C[C@@H]2C#N)n1. The Labute approximate surface area is 154 Å². The zero-order valence-corrected chi connectivity index (χ0v) is 16.3. The molecule has 1 aliphatic rings. The largest absolute Gasteiger partial charge is 0.444 e. The molecule has 2 amide bonds. The Morgan fingerprint density at radius 2 is 2.00 bits per heavy atom. The molecular weight excluding hydrogens is 334 g/mol. The van der Waals surface area contributed by atoms with Crippen LogP contribution in [-0.2, 0) is 9.53 Å². The lowest BCUT2D eigenvalue weighted by atomic mass is 10.1. The average Bonchev–Trinajstić information content (AvgIpc) is 2.89. The number of hydrogen-bond donors (Lipinski definition) is 0. The molecule has 8 heteroatoms. The molecule has 0 unspecified atom stereocenters. The number of aromatic nitrogens is 2. The van der Waals surface area contributed by atoms with Crippen LogP contribution in [0.25, 0.3) is 0 Å². The maximum Gasteiger partial charge on any atom is 0.410 e. The fourth-order valence-corrected chi connectivity index (χ4v) is 3.03. The number of carbonyl (C=O) groups excluding carboxylic acids is 2. The number of hydrogen-bond acceptors (Lipinski definition) is 5. The topological polar surface area (TPSA) is 91.5 Å². The number of aryl methyl sites for hydroxylation is 2. The molecule has 1 fully saturated rings. The number of ether oxygens (including phenoxy) is 1. The molecule has 2 rings (SSSR count). The van der Waals surface area contributed by atoms with E-state index in [2.05, 4.69) is 11.2 Å². The Kier molecular flexibility index (Phi) is 5.59. The molecule has 0 N–H and O–H groups in total. The van der Waals surface area contributed by atoms with Crippen LogP contribution in [0.1, 0.15) is 45.1 Å². The second-order valence-corrected chi connectivity index (χ2v) is 7.65. The van der Waals surface area contributed by atoms with E-state index in [0.717, 1.165) is 11.4 Å². The Morgan fingerprint density at radius 1 is 1.35 bits per heavy atom. The summed E-state index contributed by atoms with van der Waals surface area (Å²) in [6, 6.07) is 2.83. The highest BCUT2D eigenvalue weighted by atomic mass is 16.6. The number of piperazine rings is 1. The molecule has 1 saturated heterocycles. The van der Waals surface area contributed by atoms with E-state index in [0.29, 0.717) is 13.1 Å². The Balaban J connectivity index is 2.09. The van der Waals surface area contributed by atoms with Crippen molar-refractivity contribution < 1.29 is 14.3 Å². The third-order valence-electron chi connectivity index (χ3n) is 4.23. The van der Waals surface area contributed by atoms with E-state index in [4.69, 9.17) is 4.74 Å². The molecule has 26 heavy (non-hydrogen) atoms. The third kappa shape index (κ3) is 4.34. The van der Waals surface area contributed by atoms with Crippen molar-refractivity contribution in [3.05, 3.63) is 17.5 Å². The fraction of sp³-hybridized carbons (Fsp3) is 0.667. The number of nitrogens with zero attached hydrogens (tertiary/aromatic N) is 5. The molecule has 0 aliphatic carbocycles. The standard InChI is InChI=1S/C18H27N5O3/c1-12-9-13(2)23(20-12)14(3)16(24)22-8-7-21(11-15(22)10-19)17(25)26-18(4,5)6/h9,14-15H,7-8,11H2,1-6H3/t14-,15-/m0/s1. The van der Waals surface area contributed by atoms with Gasteiger partial charge in [-0.05, 0) is 47.6 Å². The lowest BCUT2D eigenvalue weighted by Crippen LogP contribution is -2.57. The zero-order valence-electron chi connectivity index (χ0n) is 16.3. The van der Waals surface area contributed by atoms with Gasteiger partial charge in [-0.2, -0.15) is 10.4 Å². The molecule has 142 valence electrons. The monoisotopic (exact) mass is 361 g/mol. The summed E-state index contributed by atoms with van der Waals surface area (Å²) >= 11 is 0. The molecule has 0 spiro atoms. The van der Waals surface area contributed by atoms with E-state index in [9.17, 15) is 14.9 Å². The first-order valence-corrected chi connectivity index (χ1v) is 8.74. The number of nitriles is 1. The smallest absolute Gasteiger partial charge is 0.410 e. The third-order valence-corrected chi connectivity index (χ3v) is 4.23. The van der Waals surface area contributed by atoms with Crippen molar-refractivity contribution >= 4 is 12.0 Å². The molecule has 1 aromatic heterocycles. The van der Waals surface area contributed by atoms with E-state index in [1.165, 1.54) is 9.80 Å². The highest BCUT2D eigenvalue weighted by molar-refractivity contribution is 5.81. The minimum absolute atomic E-state index is 0.140. The fourth-order valence-electron chi connectivity index (χ4n) is 3.03. The molecular formula is C18H27N5O3. The minimum atomic E-state index is -0.705. The van der Waals surface area contributed by atoms with Gasteiger partial charge in [-0.25, -0.2) is 4.79 Å². The summed E-state index contributed by atoms with van der Waals surface area (Å²) in [5.41, 5.74) is 1.13. The van der Waals surface area contributed by atoms with Gasteiger partial charge in [0.05, 0.1) is 18.3 Å². The quantitative estimate of drug-likeness (QED) is 0.804. The van der Waals surface area contributed by atoms with Gasteiger partial charge in [0.2, 0.25) is 5.91 Å². The van der Waals surface area contributed by atoms with Crippen molar-refractivity contribution in [1.82, 2.24) is 19.6 Å². The lowest BCUT2D eigenvalue weighted by Gasteiger charge is -2.39. The molecule has 0 aromatic carbocycles. The Hall–Kier alpha value is -2.56. The van der Waals surface area contributed by atoms with Crippen molar-refractivity contribution in [2.24, 2.45) is 0 Å². The van der Waals surface area contributed by atoms with E-state index in [-0.39, 0.29) is 12.5 Å². The van der Waals surface area contributed by atoms with Gasteiger partial charge >= 0.3 is 6.09 Å². The molecule has 8 nitrogen and oxygen atoms in total. The highest BCUT2D eigenvalue weighted by Gasteiger charge is 2.36. The van der Waals surface area contributed by atoms with Gasteiger partial charge in [-0.15, -0.1) is 0 Å². The van der Waals surface area contributed by atoms with Gasteiger partial charge in [0.25, 0.3) is 0 Å². The average molecular weight is 361 g/mol. The molecule has 2 heterocycles. The van der Waals surface area contributed by atoms with Gasteiger partial charge in [0.15, 0.2) is 0 Å². The van der Waals surface area contributed by atoms with Gasteiger partial charge in [0, 0.05) is 18.8 Å². The van der Waals surface area contributed by atoms with Gasteiger partial charge < -0.3 is 14.5 Å². The van der Waals surface area contributed by atoms with Crippen LogP contribution < -0.4 is 0 Å². The summed E-state index contributed by atoms with van der Waals surface area (Å²) in [4.78, 5) is 28.2. The van der Waals surface area contributed by atoms with E-state index in [1.807, 2.05) is 19.9 Å². The van der Waals surface area contributed by atoms with Crippen LogP contribution in [0.15, 0.2) is 6.07 Å². The first kappa shape index (κ1) is 19.8. The van der Waals surface area contributed by atoms with E-state index >= 15 is 0 Å². The van der Waals surface area contributed by atoms with Crippen LogP contribution in [0.2, 0.25) is 0 Å². The van der Waals surface area contributed by atoms with Crippen LogP contribution in [0.3, 0.4) is 0 Å². The van der Waals surface area contributed by atoms with E-state index in [1.54, 1.807) is 32.4 Å². The minimum Gasteiger partial charge on any atom is -0.444 e. The number of rotatable bonds is 2. The van der Waals surface area contributed by atoms with Gasteiger partial charge in [0.1, 0.15) is 17.7 Å². The predicted molar refractivity (Wildman–Crippen MR) is 95.3 cm³/mol. The number of amides is 2. The first-order chi connectivity index (χ1) is 12.0. The molecule has 1 aromatic rings. The van der Waals surface area contributed by atoms with Crippen LogP contribution in [0.4, 0.5) is 4.79 Å². The zero-order chi connectivity index (χ0) is 19.6. The van der Waals surface area contributed by atoms with Crippen LogP contribution in [-0.4, -0.2) is 62.9 Å². The highest BCUT2D eigenvalue weighted by Crippen LogP contribution is 2.19. The van der Waals surface area contributed by atoms with Crippen molar-refractivity contribution in [1.29, 1.82) is 5.26 Å². The summed E-state index contributed by atoms with van der Waals surface area (Å²) < 4.78 is 7.03. The van der Waals surface area contributed by atoms with Crippen molar-refractivity contribution in [3.8, 4) is 6.07 Å². The summed E-state index contributed by atoms with van der Waals surface area (Å²) in [5.74, 6) is -0.174. The van der Waals surface area contributed by atoms with Crippen molar-refractivity contribution in [2.45, 2.75) is 59.2 Å². The Bertz CT molecular complexity index is 728. The first-order valence-electron chi connectivity index (χ1n) is 8.74. The number of carbonyl (C=O) groups is 2. The molecule has 0 radical (unpaired) electrons. The summed E-state index contributed by atoms with van der Waals surface area (Å²) in [5, 5.41) is 13.9.